The average molecular weight is 508 g/mol. The van der Waals surface area contributed by atoms with Gasteiger partial charge in [0.15, 0.2) is 0 Å². The van der Waals surface area contributed by atoms with Crippen molar-refractivity contribution >= 4 is 28.6 Å². The number of aromatic nitrogens is 2. The van der Waals surface area contributed by atoms with Crippen LogP contribution in [0, 0.1) is 5.92 Å². The number of rotatable bonds is 6. The van der Waals surface area contributed by atoms with Gasteiger partial charge in [-0.3, -0.25) is 0 Å². The Kier molecular flexibility index (Phi) is 8.70. The third-order valence-electron chi connectivity index (χ3n) is 5.86. The molecule has 1 aliphatic carbocycles. The number of fused-ring (bicyclic) bond motifs is 1. The van der Waals surface area contributed by atoms with Crippen LogP contribution in [0.3, 0.4) is 0 Å². The number of anilines is 2. The first-order chi connectivity index (χ1) is 17.1. The van der Waals surface area contributed by atoms with Crippen LogP contribution in [0.15, 0.2) is 36.4 Å². The molecule has 36 heavy (non-hydrogen) atoms. The molecule has 2 aromatic carbocycles. The van der Waals surface area contributed by atoms with Gasteiger partial charge in [-0.15, -0.1) is 13.2 Å². The number of hydrogen-bond acceptors (Lipinski definition) is 5. The fourth-order valence-electron chi connectivity index (χ4n) is 4.42. The standard InChI is InChI=1S/C23H24F3N3O4.C3H8/c1-13-4-3-5-15(10-13)29-19-12-20(32-2)17(21(30)31)11-18(19)28-22(29)27-14-6-8-16(9-7-14)33-23(24,25)26;1-3-2/h6-9,11-13,15H,3-5,10H2,1-2H3,(H,27,28)(H,30,31);3H2,1-2H3. The maximum Gasteiger partial charge on any atom is 0.573 e. The summed E-state index contributed by atoms with van der Waals surface area (Å²) in [5.41, 5.74) is 1.75. The topological polar surface area (TPSA) is 85.6 Å². The second-order valence-electron chi connectivity index (χ2n) is 8.98. The van der Waals surface area contributed by atoms with E-state index in [9.17, 15) is 23.1 Å². The molecule has 2 atom stereocenters. The Bertz CT molecular complexity index is 1180. The van der Waals surface area contributed by atoms with Crippen LogP contribution in [0.1, 0.15) is 69.3 Å². The number of imidazole rings is 1. The van der Waals surface area contributed by atoms with Gasteiger partial charge in [0.1, 0.15) is 17.1 Å². The monoisotopic (exact) mass is 507 g/mol. The molecule has 0 radical (unpaired) electrons. The lowest BCUT2D eigenvalue weighted by atomic mass is 9.87. The zero-order valence-corrected chi connectivity index (χ0v) is 20.9. The lowest BCUT2D eigenvalue weighted by Gasteiger charge is -2.29. The highest BCUT2D eigenvalue weighted by molar-refractivity contribution is 5.96. The predicted molar refractivity (Wildman–Crippen MR) is 132 cm³/mol. The van der Waals surface area contributed by atoms with Crippen molar-refractivity contribution < 1.29 is 32.5 Å². The highest BCUT2D eigenvalue weighted by Crippen LogP contribution is 2.39. The normalized spacial score (nSPS) is 17.8. The largest absolute Gasteiger partial charge is 0.573 e. The summed E-state index contributed by atoms with van der Waals surface area (Å²) < 4.78 is 48.6. The Morgan fingerprint density at radius 2 is 1.86 bits per heavy atom. The van der Waals surface area contributed by atoms with Crippen molar-refractivity contribution in [2.75, 3.05) is 12.4 Å². The van der Waals surface area contributed by atoms with Gasteiger partial charge in [-0.25, -0.2) is 9.78 Å². The number of aromatic carboxylic acids is 1. The number of nitrogens with zero attached hydrogens (tertiary/aromatic N) is 2. The van der Waals surface area contributed by atoms with Gasteiger partial charge in [-0.1, -0.05) is 40.0 Å². The van der Waals surface area contributed by atoms with Crippen molar-refractivity contribution in [1.82, 2.24) is 9.55 Å². The maximum atomic E-state index is 12.4. The van der Waals surface area contributed by atoms with E-state index in [-0.39, 0.29) is 23.1 Å². The summed E-state index contributed by atoms with van der Waals surface area (Å²) in [6.07, 6.45) is 0.548. The van der Waals surface area contributed by atoms with E-state index in [4.69, 9.17) is 4.74 Å². The number of ether oxygens (including phenoxy) is 2. The van der Waals surface area contributed by atoms with E-state index in [1.807, 2.05) is 4.57 Å². The number of alkyl halides is 3. The molecular weight excluding hydrogens is 475 g/mol. The summed E-state index contributed by atoms with van der Waals surface area (Å²) in [5, 5.41) is 12.7. The van der Waals surface area contributed by atoms with E-state index in [1.165, 1.54) is 43.9 Å². The molecule has 1 fully saturated rings. The van der Waals surface area contributed by atoms with Crippen molar-refractivity contribution in [3.05, 3.63) is 42.0 Å². The van der Waals surface area contributed by atoms with Gasteiger partial charge in [0.05, 0.1) is 18.1 Å². The molecule has 196 valence electrons. The number of methoxy groups -OCH3 is 1. The quantitative estimate of drug-likeness (QED) is 0.358. The van der Waals surface area contributed by atoms with Crippen molar-refractivity contribution in [2.45, 2.75) is 65.3 Å². The molecule has 0 bridgehead atoms. The Labute approximate surface area is 208 Å². The molecule has 1 aliphatic rings. The molecule has 0 amide bonds. The fourth-order valence-corrected chi connectivity index (χ4v) is 4.42. The van der Waals surface area contributed by atoms with E-state index in [2.05, 4.69) is 35.8 Å². The zero-order valence-electron chi connectivity index (χ0n) is 20.9. The molecule has 1 saturated carbocycles. The van der Waals surface area contributed by atoms with E-state index >= 15 is 0 Å². The number of carboxylic acid groups (broad SMARTS) is 1. The molecule has 7 nitrogen and oxygen atoms in total. The lowest BCUT2D eigenvalue weighted by molar-refractivity contribution is -0.274. The summed E-state index contributed by atoms with van der Waals surface area (Å²) in [6, 6.07) is 8.67. The summed E-state index contributed by atoms with van der Waals surface area (Å²) in [4.78, 5) is 16.3. The van der Waals surface area contributed by atoms with Crippen LogP contribution in [0.25, 0.3) is 11.0 Å². The van der Waals surface area contributed by atoms with E-state index < -0.39 is 12.3 Å². The minimum Gasteiger partial charge on any atom is -0.496 e. The summed E-state index contributed by atoms with van der Waals surface area (Å²) in [7, 11) is 1.42. The van der Waals surface area contributed by atoms with E-state index in [0.29, 0.717) is 23.1 Å². The van der Waals surface area contributed by atoms with Crippen molar-refractivity contribution in [2.24, 2.45) is 5.92 Å². The number of halogens is 3. The molecule has 10 heteroatoms. The predicted octanol–water partition coefficient (Wildman–Crippen LogP) is 7.55. The second-order valence-corrected chi connectivity index (χ2v) is 8.98. The molecule has 3 aromatic rings. The van der Waals surface area contributed by atoms with Gasteiger partial charge in [-0.05, 0) is 49.1 Å². The van der Waals surface area contributed by atoms with Crippen LogP contribution < -0.4 is 14.8 Å². The van der Waals surface area contributed by atoms with Crippen LogP contribution in [0.5, 0.6) is 11.5 Å². The highest BCUT2D eigenvalue weighted by Gasteiger charge is 2.31. The lowest BCUT2D eigenvalue weighted by Crippen LogP contribution is -2.19. The highest BCUT2D eigenvalue weighted by atomic mass is 19.4. The first kappa shape index (κ1) is 27.2. The molecule has 1 heterocycles. The third-order valence-corrected chi connectivity index (χ3v) is 5.86. The Balaban J connectivity index is 0.00000115. The van der Waals surface area contributed by atoms with Crippen molar-refractivity contribution in [3.8, 4) is 11.5 Å². The molecule has 2 N–H and O–H groups in total. The van der Waals surface area contributed by atoms with Crippen molar-refractivity contribution in [1.29, 1.82) is 0 Å². The smallest absolute Gasteiger partial charge is 0.496 e. The summed E-state index contributed by atoms with van der Waals surface area (Å²) >= 11 is 0. The van der Waals surface area contributed by atoms with Crippen molar-refractivity contribution in [3.63, 3.8) is 0 Å². The van der Waals surface area contributed by atoms with Gasteiger partial charge in [0.25, 0.3) is 0 Å². The van der Waals surface area contributed by atoms with E-state index in [0.717, 1.165) is 31.2 Å². The molecule has 0 aliphatic heterocycles. The van der Waals surface area contributed by atoms with Gasteiger partial charge in [-0.2, -0.15) is 0 Å². The molecule has 4 rings (SSSR count). The average Bonchev–Trinajstić information content (AvgIpc) is 3.15. The van der Waals surface area contributed by atoms with Gasteiger partial charge in [0, 0.05) is 17.8 Å². The number of nitrogens with one attached hydrogen (secondary N) is 1. The van der Waals surface area contributed by atoms with Crippen LogP contribution in [0.2, 0.25) is 0 Å². The van der Waals surface area contributed by atoms with Gasteiger partial charge >= 0.3 is 12.3 Å². The van der Waals surface area contributed by atoms with Crippen LogP contribution in [-0.4, -0.2) is 34.1 Å². The summed E-state index contributed by atoms with van der Waals surface area (Å²) in [6.45, 7) is 6.45. The third kappa shape index (κ3) is 6.61. The maximum absolute atomic E-state index is 12.4. The molecule has 2 unspecified atom stereocenters. The minimum atomic E-state index is -4.76. The van der Waals surface area contributed by atoms with Crippen LogP contribution in [0.4, 0.5) is 24.8 Å². The molecule has 0 saturated heterocycles. The molecule has 0 spiro atoms. The summed E-state index contributed by atoms with van der Waals surface area (Å²) in [5.74, 6) is -0.200. The van der Waals surface area contributed by atoms with E-state index in [1.54, 1.807) is 6.07 Å². The Morgan fingerprint density at radius 1 is 1.19 bits per heavy atom. The first-order valence-corrected chi connectivity index (χ1v) is 12.0. The SMILES string of the molecule is CCC.COc1cc2c(cc1C(=O)O)nc(Nc1ccc(OC(F)(F)F)cc1)n2C1CCCC(C)C1. The minimum absolute atomic E-state index is 0.00636. The number of carboxylic acids is 1. The fraction of sp³-hybridized carbons (Fsp3) is 0.462. The second kappa shape index (κ2) is 11.5. The number of hydrogen-bond donors (Lipinski definition) is 2. The molecular formula is C26H32F3N3O4. The zero-order chi connectivity index (χ0) is 26.5. The Morgan fingerprint density at radius 3 is 2.42 bits per heavy atom. The van der Waals surface area contributed by atoms with Crippen LogP contribution in [-0.2, 0) is 0 Å². The Hall–Kier alpha value is -3.43. The van der Waals surface area contributed by atoms with Gasteiger partial charge in [0.2, 0.25) is 5.95 Å². The number of benzene rings is 2. The number of carbonyl (C=O) groups is 1. The molecule has 1 aromatic heterocycles. The van der Waals surface area contributed by atoms with Crippen LogP contribution >= 0.6 is 0 Å². The first-order valence-electron chi connectivity index (χ1n) is 12.0. The van der Waals surface area contributed by atoms with Gasteiger partial charge < -0.3 is 24.5 Å².